The zero-order valence-electron chi connectivity index (χ0n) is 15.9. The lowest BCUT2D eigenvalue weighted by atomic mass is 9.77. The van der Waals surface area contributed by atoms with Crippen molar-refractivity contribution in [2.75, 3.05) is 19.3 Å². The fraction of sp³-hybridized carbons (Fsp3) is 0.261. The molecule has 28 heavy (non-hydrogen) atoms. The van der Waals surface area contributed by atoms with Crippen LogP contribution < -0.4 is 5.32 Å². The molecule has 1 aliphatic heterocycles. The molecule has 0 aliphatic carbocycles. The van der Waals surface area contributed by atoms with E-state index in [4.69, 9.17) is 0 Å². The summed E-state index contributed by atoms with van der Waals surface area (Å²) in [6, 6.07) is 20.8. The van der Waals surface area contributed by atoms with Gasteiger partial charge in [-0.15, -0.1) is 0 Å². The number of nitrogens with one attached hydrogen (secondary N) is 1. The maximum atomic E-state index is 11.9. The topological polar surface area (TPSA) is 59.1 Å². The van der Waals surface area contributed by atoms with Gasteiger partial charge in [-0.25, -0.2) is 8.42 Å². The van der Waals surface area contributed by atoms with Crippen molar-refractivity contribution >= 4 is 9.84 Å². The first-order chi connectivity index (χ1) is 13.5. The van der Waals surface area contributed by atoms with Gasteiger partial charge in [-0.2, -0.15) is 0 Å². The first-order valence-electron chi connectivity index (χ1n) is 9.53. The van der Waals surface area contributed by atoms with Gasteiger partial charge in [0.25, 0.3) is 0 Å². The molecule has 5 heteroatoms. The van der Waals surface area contributed by atoms with Crippen molar-refractivity contribution in [1.29, 1.82) is 0 Å². The quantitative estimate of drug-likeness (QED) is 0.729. The van der Waals surface area contributed by atoms with E-state index >= 15 is 0 Å². The number of piperidine rings is 1. The van der Waals surface area contributed by atoms with Gasteiger partial charge in [-0.05, 0) is 41.6 Å². The van der Waals surface area contributed by atoms with Crippen LogP contribution in [0, 0.1) is 0 Å². The van der Waals surface area contributed by atoms with Crippen molar-refractivity contribution in [2.24, 2.45) is 0 Å². The average Bonchev–Trinajstić information content (AvgIpc) is 2.74. The highest BCUT2D eigenvalue weighted by molar-refractivity contribution is 7.90. The predicted molar refractivity (Wildman–Crippen MR) is 112 cm³/mol. The molecule has 1 fully saturated rings. The smallest absolute Gasteiger partial charge is 0.177 e. The SMILES string of the molecule is CS(=O)(=O)c1cncc(-c2cccc([C@@H]3CNCC[C@H]3c3ccccc3)c2)c1. The molecule has 0 bridgehead atoms. The third-order valence-corrected chi connectivity index (χ3v) is 6.58. The molecule has 0 radical (unpaired) electrons. The Kier molecular flexibility index (Phi) is 5.29. The van der Waals surface area contributed by atoms with Crippen molar-refractivity contribution in [3.05, 3.63) is 84.2 Å². The van der Waals surface area contributed by atoms with Crippen LogP contribution in [0.1, 0.15) is 29.4 Å². The summed E-state index contributed by atoms with van der Waals surface area (Å²) in [5.74, 6) is 0.848. The van der Waals surface area contributed by atoms with Gasteiger partial charge in [0.05, 0.1) is 4.90 Å². The molecule has 0 unspecified atom stereocenters. The molecule has 0 spiro atoms. The first kappa shape index (κ1) is 18.8. The maximum Gasteiger partial charge on any atom is 0.177 e. The molecule has 0 saturated carbocycles. The lowest BCUT2D eigenvalue weighted by Gasteiger charge is -2.33. The highest BCUT2D eigenvalue weighted by Gasteiger charge is 2.27. The fourth-order valence-corrected chi connectivity index (χ4v) is 4.63. The molecular weight excluding hydrogens is 368 g/mol. The highest BCUT2D eigenvalue weighted by atomic mass is 32.2. The van der Waals surface area contributed by atoms with Crippen molar-refractivity contribution in [1.82, 2.24) is 10.3 Å². The number of nitrogens with zero attached hydrogens (tertiary/aromatic N) is 1. The Morgan fingerprint density at radius 3 is 2.46 bits per heavy atom. The summed E-state index contributed by atoms with van der Waals surface area (Å²) in [7, 11) is -3.28. The summed E-state index contributed by atoms with van der Waals surface area (Å²) < 4.78 is 23.8. The van der Waals surface area contributed by atoms with Crippen LogP contribution in [0.3, 0.4) is 0 Å². The number of benzene rings is 2. The zero-order chi connectivity index (χ0) is 19.6. The number of sulfone groups is 1. The van der Waals surface area contributed by atoms with Crippen LogP contribution in [0.5, 0.6) is 0 Å². The van der Waals surface area contributed by atoms with E-state index in [1.807, 2.05) is 6.07 Å². The Bertz CT molecular complexity index is 1060. The van der Waals surface area contributed by atoms with Gasteiger partial charge in [0.2, 0.25) is 0 Å². The molecule has 1 aliphatic rings. The van der Waals surface area contributed by atoms with Gasteiger partial charge in [-0.1, -0.05) is 54.6 Å². The minimum absolute atomic E-state index is 0.247. The lowest BCUT2D eigenvalue weighted by Crippen LogP contribution is -2.34. The Hall–Kier alpha value is -2.50. The van der Waals surface area contributed by atoms with Crippen LogP contribution in [0.25, 0.3) is 11.1 Å². The first-order valence-corrected chi connectivity index (χ1v) is 11.4. The van der Waals surface area contributed by atoms with Crippen molar-refractivity contribution < 1.29 is 8.42 Å². The number of hydrogen-bond donors (Lipinski definition) is 1. The van der Waals surface area contributed by atoms with Gasteiger partial charge in [0, 0.05) is 36.7 Å². The third kappa shape index (κ3) is 4.01. The Morgan fingerprint density at radius 1 is 0.893 bits per heavy atom. The van der Waals surface area contributed by atoms with E-state index in [9.17, 15) is 8.42 Å². The van der Waals surface area contributed by atoms with Crippen LogP contribution in [0.15, 0.2) is 78.0 Å². The molecule has 2 aromatic carbocycles. The maximum absolute atomic E-state index is 11.9. The number of rotatable bonds is 4. The molecule has 2 heterocycles. The van der Waals surface area contributed by atoms with Crippen molar-refractivity contribution in [3.63, 3.8) is 0 Å². The second-order valence-electron chi connectivity index (χ2n) is 7.42. The van der Waals surface area contributed by atoms with E-state index in [0.29, 0.717) is 11.8 Å². The van der Waals surface area contributed by atoms with E-state index in [0.717, 1.165) is 30.6 Å². The van der Waals surface area contributed by atoms with E-state index < -0.39 is 9.84 Å². The average molecular weight is 393 g/mol. The minimum atomic E-state index is -3.28. The van der Waals surface area contributed by atoms with Gasteiger partial charge < -0.3 is 5.32 Å². The molecule has 3 aromatic rings. The molecule has 1 N–H and O–H groups in total. The summed E-state index contributed by atoms with van der Waals surface area (Å²) >= 11 is 0. The number of aromatic nitrogens is 1. The Morgan fingerprint density at radius 2 is 1.68 bits per heavy atom. The van der Waals surface area contributed by atoms with Gasteiger partial charge in [0.1, 0.15) is 0 Å². The van der Waals surface area contributed by atoms with E-state index in [-0.39, 0.29) is 4.90 Å². The molecule has 2 atom stereocenters. The van der Waals surface area contributed by atoms with E-state index in [1.165, 1.54) is 23.6 Å². The summed E-state index contributed by atoms with van der Waals surface area (Å²) in [6.45, 7) is 1.96. The number of pyridine rings is 1. The summed E-state index contributed by atoms with van der Waals surface area (Å²) in [5, 5.41) is 3.53. The van der Waals surface area contributed by atoms with E-state index in [2.05, 4.69) is 58.8 Å². The van der Waals surface area contributed by atoms with Gasteiger partial charge in [-0.3, -0.25) is 4.98 Å². The normalized spacial score (nSPS) is 20.0. The Balaban J connectivity index is 1.70. The minimum Gasteiger partial charge on any atom is -0.316 e. The molecule has 144 valence electrons. The Labute approximate surface area is 166 Å². The number of hydrogen-bond acceptors (Lipinski definition) is 4. The van der Waals surface area contributed by atoms with Crippen LogP contribution in [-0.4, -0.2) is 32.7 Å². The molecule has 0 amide bonds. The second-order valence-corrected chi connectivity index (χ2v) is 9.44. The molecule has 1 saturated heterocycles. The summed E-state index contributed by atoms with van der Waals surface area (Å²) in [6.07, 6.45) is 5.44. The second kappa shape index (κ2) is 7.86. The standard InChI is InChI=1S/C23H24N2O2S/c1-28(26,27)21-13-20(14-25-15-21)18-8-5-9-19(12-18)23-16-24-11-10-22(23)17-6-3-2-4-7-17/h2-9,12-15,22-24H,10-11,16H2,1H3/t22-,23-/m0/s1. The molecule has 4 nitrogen and oxygen atoms in total. The molecular formula is C23H24N2O2S. The highest BCUT2D eigenvalue weighted by Crippen LogP contribution is 2.38. The summed E-state index contributed by atoms with van der Waals surface area (Å²) in [5.41, 5.74) is 4.46. The summed E-state index contributed by atoms with van der Waals surface area (Å²) in [4.78, 5) is 4.39. The lowest BCUT2D eigenvalue weighted by molar-refractivity contribution is 0.404. The van der Waals surface area contributed by atoms with E-state index in [1.54, 1.807) is 12.3 Å². The van der Waals surface area contributed by atoms with Crippen molar-refractivity contribution in [2.45, 2.75) is 23.2 Å². The molecule has 4 rings (SSSR count). The molecule has 1 aromatic heterocycles. The van der Waals surface area contributed by atoms with Crippen LogP contribution >= 0.6 is 0 Å². The van der Waals surface area contributed by atoms with Crippen LogP contribution in [-0.2, 0) is 9.84 Å². The van der Waals surface area contributed by atoms with Gasteiger partial charge >= 0.3 is 0 Å². The monoisotopic (exact) mass is 392 g/mol. The fourth-order valence-electron chi connectivity index (χ4n) is 4.04. The van der Waals surface area contributed by atoms with Crippen LogP contribution in [0.2, 0.25) is 0 Å². The zero-order valence-corrected chi connectivity index (χ0v) is 16.7. The largest absolute Gasteiger partial charge is 0.316 e. The van der Waals surface area contributed by atoms with Gasteiger partial charge in [0.15, 0.2) is 9.84 Å². The predicted octanol–water partition coefficient (Wildman–Crippen LogP) is 4.01. The third-order valence-electron chi connectivity index (χ3n) is 5.50. The van der Waals surface area contributed by atoms with Crippen molar-refractivity contribution in [3.8, 4) is 11.1 Å². The van der Waals surface area contributed by atoms with Crippen LogP contribution in [0.4, 0.5) is 0 Å².